The van der Waals surface area contributed by atoms with Crippen LogP contribution in [-0.2, 0) is 0 Å². The SMILES string of the molecule is Cc1ccc2c(c1)Sc1cc(Oc3ccccc3)cc3c1B2c1cc2c(cc1S3)Sc1cc(Oc3ccccc3)cc3c1B2c1ccc(C)cc1S3. The van der Waals surface area contributed by atoms with Crippen LogP contribution < -0.4 is 42.3 Å². The summed E-state index contributed by atoms with van der Waals surface area (Å²) < 4.78 is 12.9. The number of rotatable bonds is 4. The molecule has 0 N–H and O–H groups in total. The van der Waals surface area contributed by atoms with Gasteiger partial charge in [0.15, 0.2) is 0 Å². The monoisotopic (exact) mass is 738 g/mol. The predicted molar refractivity (Wildman–Crippen MR) is 221 cm³/mol. The Bertz CT molecular complexity index is 2450. The normalized spacial score (nSPS) is 14.0. The van der Waals surface area contributed by atoms with Crippen molar-refractivity contribution in [3.05, 3.63) is 145 Å². The lowest BCUT2D eigenvalue weighted by Crippen LogP contribution is -2.62. The highest BCUT2D eigenvalue weighted by molar-refractivity contribution is 8.02. The van der Waals surface area contributed by atoms with E-state index in [2.05, 4.69) is 86.6 Å². The quantitative estimate of drug-likeness (QED) is 0.167. The van der Waals surface area contributed by atoms with Gasteiger partial charge in [0.05, 0.1) is 0 Å². The molecule has 2 nitrogen and oxygen atoms in total. The van der Waals surface area contributed by atoms with Gasteiger partial charge in [-0.2, -0.15) is 0 Å². The van der Waals surface area contributed by atoms with Crippen molar-refractivity contribution in [2.75, 3.05) is 0 Å². The number of para-hydroxylation sites is 2. The lowest BCUT2D eigenvalue weighted by molar-refractivity contribution is 0.480. The first-order chi connectivity index (χ1) is 25.5. The number of hydrogen-bond acceptors (Lipinski definition) is 6. The molecule has 4 aliphatic rings. The summed E-state index contributed by atoms with van der Waals surface area (Å²) in [4.78, 5) is 10.4. The first-order valence-corrected chi connectivity index (χ1v) is 20.7. The van der Waals surface area contributed by atoms with E-state index in [1.54, 1.807) is 0 Å². The summed E-state index contributed by atoms with van der Waals surface area (Å²) in [5.41, 5.74) is 11.0. The molecule has 0 bridgehead atoms. The van der Waals surface area contributed by atoms with Crippen LogP contribution in [0.4, 0.5) is 0 Å². The fourth-order valence-corrected chi connectivity index (χ4v) is 13.3. The lowest BCUT2D eigenvalue weighted by atomic mass is 9.33. The van der Waals surface area contributed by atoms with Crippen molar-refractivity contribution in [2.24, 2.45) is 0 Å². The summed E-state index contributed by atoms with van der Waals surface area (Å²) >= 11 is 7.54. The van der Waals surface area contributed by atoms with Crippen molar-refractivity contribution >= 4 is 93.2 Å². The molecule has 4 heterocycles. The maximum absolute atomic E-state index is 6.47. The molecule has 0 radical (unpaired) electrons. The summed E-state index contributed by atoms with van der Waals surface area (Å²) in [5.74, 6) is 3.46. The fraction of sp³-hybridized carbons (Fsp3) is 0.0455. The highest BCUT2D eigenvalue weighted by atomic mass is 32.2. The highest BCUT2D eigenvalue weighted by Crippen LogP contribution is 2.45. The van der Waals surface area contributed by atoms with Crippen LogP contribution in [0.2, 0.25) is 0 Å². The van der Waals surface area contributed by atoms with E-state index in [1.807, 2.05) is 108 Å². The molecule has 0 spiro atoms. The fourth-order valence-electron chi connectivity index (χ4n) is 8.02. The Kier molecular flexibility index (Phi) is 7.27. The number of fused-ring (bicyclic) bond motifs is 8. The molecule has 0 saturated heterocycles. The molecule has 0 atom stereocenters. The zero-order chi connectivity index (χ0) is 34.5. The Morgan fingerprint density at radius 1 is 0.346 bits per heavy atom. The molecule has 7 aromatic carbocycles. The van der Waals surface area contributed by atoms with Crippen molar-refractivity contribution in [3.63, 3.8) is 0 Å². The second kappa shape index (κ2) is 12.1. The third-order valence-corrected chi connectivity index (χ3v) is 14.8. The van der Waals surface area contributed by atoms with Crippen LogP contribution in [0.1, 0.15) is 11.1 Å². The maximum atomic E-state index is 6.47. The molecule has 246 valence electrons. The average molecular weight is 739 g/mol. The highest BCUT2D eigenvalue weighted by Gasteiger charge is 2.43. The van der Waals surface area contributed by atoms with Crippen LogP contribution in [0.15, 0.2) is 173 Å². The molecule has 0 saturated carbocycles. The van der Waals surface area contributed by atoms with E-state index >= 15 is 0 Å². The van der Waals surface area contributed by atoms with Crippen LogP contribution in [-0.4, -0.2) is 13.4 Å². The van der Waals surface area contributed by atoms with E-state index in [0.717, 1.165) is 23.0 Å². The number of benzene rings is 7. The van der Waals surface area contributed by atoms with Gasteiger partial charge in [-0.3, -0.25) is 0 Å². The first kappa shape index (κ1) is 31.2. The summed E-state index contributed by atoms with van der Waals surface area (Å²) in [7, 11) is 0. The van der Waals surface area contributed by atoms with Crippen molar-refractivity contribution in [1.29, 1.82) is 0 Å². The topological polar surface area (TPSA) is 18.5 Å². The van der Waals surface area contributed by atoms with E-state index in [9.17, 15) is 0 Å². The summed E-state index contributed by atoms with van der Waals surface area (Å²) in [5, 5.41) is 0. The molecule has 11 rings (SSSR count). The predicted octanol–water partition coefficient (Wildman–Crippen LogP) is 8.78. The van der Waals surface area contributed by atoms with Crippen LogP contribution in [0.25, 0.3) is 0 Å². The second-order valence-electron chi connectivity index (χ2n) is 13.8. The third kappa shape index (κ3) is 5.10. The summed E-state index contributed by atoms with van der Waals surface area (Å²) in [6, 6.07) is 48.3. The standard InChI is InChI=1S/C44H28B2O2S4/c1-25-13-15-31-35(17-25)49-39-19-29(47-27-9-5-3-6-10-27)21-41-43(39)45(31)33-23-34-38(24-37(33)51-41)52-42-22-30(48-28-11-7-4-8-12-28)20-40-44(42)46(34)32-16-14-26(2)18-36(32)50-40/h3-24H,1-2H3. The molecular weight excluding hydrogens is 710 g/mol. The minimum absolute atomic E-state index is 0.150. The number of ether oxygens (including phenoxy) is 2. The molecule has 7 aromatic rings. The maximum Gasteiger partial charge on any atom is 0.247 e. The van der Waals surface area contributed by atoms with Gasteiger partial charge in [-0.15, -0.1) is 0 Å². The zero-order valence-electron chi connectivity index (χ0n) is 28.3. The Morgan fingerprint density at radius 2 is 0.731 bits per heavy atom. The Morgan fingerprint density at radius 3 is 1.13 bits per heavy atom. The van der Waals surface area contributed by atoms with Crippen LogP contribution in [0.5, 0.6) is 23.0 Å². The molecule has 0 fully saturated rings. The largest absolute Gasteiger partial charge is 0.457 e. The second-order valence-corrected chi connectivity index (χ2v) is 18.1. The van der Waals surface area contributed by atoms with Gasteiger partial charge < -0.3 is 9.47 Å². The Balaban J connectivity index is 1.09. The van der Waals surface area contributed by atoms with Gasteiger partial charge in [0, 0.05) is 39.2 Å². The van der Waals surface area contributed by atoms with Gasteiger partial charge in [-0.05, 0) is 91.5 Å². The van der Waals surface area contributed by atoms with Gasteiger partial charge in [0.25, 0.3) is 0 Å². The van der Waals surface area contributed by atoms with Gasteiger partial charge >= 0.3 is 0 Å². The van der Waals surface area contributed by atoms with E-state index in [1.165, 1.54) is 83.1 Å². The van der Waals surface area contributed by atoms with Gasteiger partial charge in [-0.25, -0.2) is 0 Å². The van der Waals surface area contributed by atoms with Gasteiger partial charge in [0.1, 0.15) is 23.0 Å². The lowest BCUT2D eigenvalue weighted by Gasteiger charge is -2.37. The molecule has 0 unspecified atom stereocenters. The summed E-state index contributed by atoms with van der Waals surface area (Å²) in [6.07, 6.45) is 0. The minimum Gasteiger partial charge on any atom is -0.457 e. The molecule has 0 aromatic heterocycles. The van der Waals surface area contributed by atoms with Crippen LogP contribution in [0, 0.1) is 13.8 Å². The van der Waals surface area contributed by atoms with Gasteiger partial charge in [-0.1, -0.05) is 147 Å². The molecular formula is C44H28B2O2S4. The number of hydrogen-bond donors (Lipinski definition) is 0. The van der Waals surface area contributed by atoms with Crippen LogP contribution >= 0.6 is 47.0 Å². The minimum atomic E-state index is 0.150. The Hall–Kier alpha value is -4.33. The van der Waals surface area contributed by atoms with Crippen LogP contribution in [0.3, 0.4) is 0 Å². The molecule has 8 heteroatoms. The zero-order valence-corrected chi connectivity index (χ0v) is 31.6. The van der Waals surface area contributed by atoms with Gasteiger partial charge in [0.2, 0.25) is 13.4 Å². The summed E-state index contributed by atoms with van der Waals surface area (Å²) in [6.45, 7) is 4.69. The molecule has 4 aliphatic heterocycles. The van der Waals surface area contributed by atoms with Crippen molar-refractivity contribution < 1.29 is 9.47 Å². The number of aryl methyl sites for hydroxylation is 2. The third-order valence-electron chi connectivity index (χ3n) is 10.3. The average Bonchev–Trinajstić information content (AvgIpc) is 3.14. The van der Waals surface area contributed by atoms with E-state index in [0.29, 0.717) is 0 Å². The molecule has 0 amide bonds. The van der Waals surface area contributed by atoms with Crippen molar-refractivity contribution in [2.45, 2.75) is 53.0 Å². The first-order valence-electron chi connectivity index (χ1n) is 17.4. The van der Waals surface area contributed by atoms with Crippen molar-refractivity contribution in [1.82, 2.24) is 0 Å². The molecule has 0 aliphatic carbocycles. The van der Waals surface area contributed by atoms with E-state index < -0.39 is 0 Å². The van der Waals surface area contributed by atoms with Crippen molar-refractivity contribution in [3.8, 4) is 23.0 Å². The molecule has 52 heavy (non-hydrogen) atoms. The van der Waals surface area contributed by atoms with E-state index in [4.69, 9.17) is 9.47 Å². The van der Waals surface area contributed by atoms with E-state index in [-0.39, 0.29) is 13.4 Å². The smallest absolute Gasteiger partial charge is 0.247 e. The Labute approximate surface area is 321 Å².